The summed E-state index contributed by atoms with van der Waals surface area (Å²) in [5.41, 5.74) is 9.25. The second kappa shape index (κ2) is 5.46. The number of nitrogens with two attached hydrogens (primary N) is 1. The molecule has 2 rings (SSSR count). The van der Waals surface area contributed by atoms with Gasteiger partial charge in [0.15, 0.2) is 5.84 Å². The van der Waals surface area contributed by atoms with E-state index in [1.165, 1.54) is 0 Å². The third-order valence-corrected chi connectivity index (χ3v) is 3.22. The number of nitriles is 1. The number of halogens is 1. The Balaban J connectivity index is 2.40. The van der Waals surface area contributed by atoms with Crippen molar-refractivity contribution in [1.29, 1.82) is 10.7 Å². The molecule has 0 atom stereocenters. The van der Waals surface area contributed by atoms with Gasteiger partial charge in [-0.25, -0.2) is 0 Å². The lowest BCUT2D eigenvalue weighted by Gasteiger charge is -2.06. The Morgan fingerprint density at radius 2 is 2.26 bits per heavy atom. The van der Waals surface area contributed by atoms with E-state index in [4.69, 9.17) is 16.4 Å². The van der Waals surface area contributed by atoms with Crippen molar-refractivity contribution in [2.45, 2.75) is 0 Å². The smallest absolute Gasteiger partial charge is 0.201 e. The maximum absolute atomic E-state index is 8.75. The topological polar surface area (TPSA) is 111 Å². The number of hydrogen-bond acceptors (Lipinski definition) is 5. The highest BCUT2D eigenvalue weighted by Crippen LogP contribution is 2.30. The van der Waals surface area contributed by atoms with Crippen molar-refractivity contribution in [2.75, 3.05) is 5.43 Å². The van der Waals surface area contributed by atoms with Crippen LogP contribution >= 0.6 is 15.9 Å². The number of amidine groups is 1. The number of hydrazone groups is 1. The van der Waals surface area contributed by atoms with Gasteiger partial charge in [0.05, 0.1) is 15.7 Å². The van der Waals surface area contributed by atoms with E-state index in [0.29, 0.717) is 5.69 Å². The van der Waals surface area contributed by atoms with Gasteiger partial charge in [-0.3, -0.25) is 15.8 Å². The average Bonchev–Trinajstić information content (AvgIpc) is 2.41. The summed E-state index contributed by atoms with van der Waals surface area (Å²) in [5.74, 6) is -0.381. The zero-order valence-electron chi connectivity index (χ0n) is 9.68. The number of nitrogens with one attached hydrogen (secondary N) is 2. The molecule has 0 aliphatic rings. The van der Waals surface area contributed by atoms with Gasteiger partial charge in [-0.05, 0) is 34.1 Å². The highest BCUT2D eigenvalue weighted by molar-refractivity contribution is 9.10. The lowest BCUT2D eigenvalue weighted by Crippen LogP contribution is -2.21. The van der Waals surface area contributed by atoms with Crippen LogP contribution < -0.4 is 11.2 Å². The molecule has 94 valence electrons. The van der Waals surface area contributed by atoms with Crippen LogP contribution in [0.4, 0.5) is 5.69 Å². The van der Waals surface area contributed by atoms with Crippen molar-refractivity contribution in [3.63, 3.8) is 0 Å². The molecular weight excluding hydrogens is 308 g/mol. The molecule has 0 saturated carbocycles. The van der Waals surface area contributed by atoms with Crippen LogP contribution in [-0.4, -0.2) is 16.5 Å². The van der Waals surface area contributed by atoms with Gasteiger partial charge in [-0.2, -0.15) is 10.4 Å². The van der Waals surface area contributed by atoms with E-state index in [-0.39, 0.29) is 11.5 Å². The summed E-state index contributed by atoms with van der Waals surface area (Å²) in [6.45, 7) is 0. The van der Waals surface area contributed by atoms with E-state index in [0.717, 1.165) is 15.4 Å². The van der Waals surface area contributed by atoms with Gasteiger partial charge < -0.3 is 5.73 Å². The Morgan fingerprint density at radius 1 is 1.47 bits per heavy atom. The first-order valence-corrected chi connectivity index (χ1v) is 6.04. The summed E-state index contributed by atoms with van der Waals surface area (Å²) in [4.78, 5) is 4.22. The number of aromatic nitrogens is 1. The molecule has 0 amide bonds. The van der Waals surface area contributed by atoms with Crippen LogP contribution in [0.25, 0.3) is 10.9 Å². The van der Waals surface area contributed by atoms with Crippen LogP contribution in [0, 0.1) is 16.7 Å². The minimum atomic E-state index is -0.381. The van der Waals surface area contributed by atoms with Crippen LogP contribution in [0.2, 0.25) is 0 Å². The predicted molar refractivity (Wildman–Crippen MR) is 78.0 cm³/mol. The number of benzene rings is 1. The van der Waals surface area contributed by atoms with Crippen molar-refractivity contribution >= 4 is 44.1 Å². The van der Waals surface area contributed by atoms with Crippen LogP contribution in [0.15, 0.2) is 40.0 Å². The fourth-order valence-corrected chi connectivity index (χ4v) is 2.02. The molecule has 0 bridgehead atoms. The van der Waals surface area contributed by atoms with Crippen molar-refractivity contribution < 1.29 is 0 Å². The molecule has 1 aromatic carbocycles. The first kappa shape index (κ1) is 13.0. The van der Waals surface area contributed by atoms with Gasteiger partial charge in [0.1, 0.15) is 6.07 Å². The number of rotatable bonds is 3. The Morgan fingerprint density at radius 3 is 2.95 bits per heavy atom. The van der Waals surface area contributed by atoms with Gasteiger partial charge >= 0.3 is 0 Å². The molecule has 19 heavy (non-hydrogen) atoms. The van der Waals surface area contributed by atoms with E-state index in [1.807, 2.05) is 18.2 Å². The van der Waals surface area contributed by atoms with Crippen LogP contribution in [0.1, 0.15) is 0 Å². The molecule has 2 aromatic rings. The number of nitrogens with zero attached hydrogens (tertiary/aromatic N) is 3. The zero-order chi connectivity index (χ0) is 13.8. The number of anilines is 1. The van der Waals surface area contributed by atoms with Crippen LogP contribution in [0.5, 0.6) is 0 Å². The Labute approximate surface area is 117 Å². The molecule has 6 nitrogen and oxygen atoms in total. The van der Waals surface area contributed by atoms with Crippen molar-refractivity contribution in [2.24, 2.45) is 10.8 Å². The summed E-state index contributed by atoms with van der Waals surface area (Å²) in [6, 6.07) is 9.09. The SMILES string of the molecule is N#C/C(=N\Nc1ccc2ncccc2c1Br)C(=N)N. The molecule has 0 spiro atoms. The summed E-state index contributed by atoms with van der Waals surface area (Å²) >= 11 is 3.45. The van der Waals surface area contributed by atoms with Crippen LogP contribution in [-0.2, 0) is 0 Å². The fraction of sp³-hybridized carbons (Fsp3) is 0. The molecule has 0 saturated heterocycles. The highest BCUT2D eigenvalue weighted by atomic mass is 79.9. The predicted octanol–water partition coefficient (Wildman–Crippen LogP) is 2.22. The quantitative estimate of drug-likeness (QED) is 0.458. The first-order chi connectivity index (χ1) is 9.13. The minimum absolute atomic E-state index is 0.168. The van der Waals surface area contributed by atoms with Crippen LogP contribution in [0.3, 0.4) is 0 Å². The molecule has 0 aliphatic carbocycles. The van der Waals surface area contributed by atoms with E-state index in [1.54, 1.807) is 18.3 Å². The largest absolute Gasteiger partial charge is 0.382 e. The summed E-state index contributed by atoms with van der Waals surface area (Å²) in [6.07, 6.45) is 1.71. The lowest BCUT2D eigenvalue weighted by atomic mass is 10.2. The molecule has 4 N–H and O–H groups in total. The standard InChI is InChI=1S/C12H9BrN6/c13-11-7-2-1-5-17-8(7)3-4-9(11)18-19-10(6-14)12(15)16/h1-5,18H,(H3,15,16)/b19-10+. The third kappa shape index (κ3) is 2.69. The molecule has 0 radical (unpaired) electrons. The molecule has 0 unspecified atom stereocenters. The summed E-state index contributed by atoms with van der Waals surface area (Å²) in [5, 5.41) is 20.6. The second-order valence-corrected chi connectivity index (χ2v) is 4.39. The molecule has 0 fully saturated rings. The minimum Gasteiger partial charge on any atom is -0.382 e. The first-order valence-electron chi connectivity index (χ1n) is 5.25. The Hall–Kier alpha value is -2.46. The third-order valence-electron chi connectivity index (χ3n) is 2.37. The van der Waals surface area contributed by atoms with E-state index >= 15 is 0 Å². The van der Waals surface area contributed by atoms with E-state index in [2.05, 4.69) is 31.4 Å². The number of pyridine rings is 1. The molecular formula is C12H9BrN6. The fourth-order valence-electron chi connectivity index (χ4n) is 1.46. The average molecular weight is 317 g/mol. The van der Waals surface area contributed by atoms with Crippen molar-refractivity contribution in [3.05, 3.63) is 34.9 Å². The normalized spacial score (nSPS) is 11.1. The Bertz CT molecular complexity index is 716. The number of hydrogen-bond donors (Lipinski definition) is 3. The van der Waals surface area contributed by atoms with Gasteiger partial charge in [0.2, 0.25) is 5.71 Å². The van der Waals surface area contributed by atoms with Gasteiger partial charge in [0, 0.05) is 11.6 Å². The number of fused-ring (bicyclic) bond motifs is 1. The Kier molecular flexibility index (Phi) is 3.73. The molecule has 1 aromatic heterocycles. The summed E-state index contributed by atoms with van der Waals surface area (Å²) < 4.78 is 0.780. The molecule has 0 aliphatic heterocycles. The van der Waals surface area contributed by atoms with Gasteiger partial charge in [0.25, 0.3) is 0 Å². The monoisotopic (exact) mass is 316 g/mol. The molecule has 7 heteroatoms. The van der Waals surface area contributed by atoms with Gasteiger partial charge in [-0.1, -0.05) is 6.07 Å². The lowest BCUT2D eigenvalue weighted by molar-refractivity contribution is 1.32. The summed E-state index contributed by atoms with van der Waals surface area (Å²) in [7, 11) is 0. The zero-order valence-corrected chi connectivity index (χ0v) is 11.3. The second-order valence-electron chi connectivity index (χ2n) is 3.59. The maximum atomic E-state index is 8.75. The van der Waals surface area contributed by atoms with Crippen molar-refractivity contribution in [3.8, 4) is 6.07 Å². The van der Waals surface area contributed by atoms with E-state index in [9.17, 15) is 0 Å². The van der Waals surface area contributed by atoms with Gasteiger partial charge in [-0.15, -0.1) is 0 Å². The highest BCUT2D eigenvalue weighted by Gasteiger charge is 2.06. The molecule has 1 heterocycles. The van der Waals surface area contributed by atoms with Crippen molar-refractivity contribution in [1.82, 2.24) is 4.98 Å². The van der Waals surface area contributed by atoms with E-state index < -0.39 is 0 Å². The maximum Gasteiger partial charge on any atom is 0.201 e.